The largest absolute Gasteiger partial charge is 0.324 e. The highest BCUT2D eigenvalue weighted by molar-refractivity contribution is 9.10. The van der Waals surface area contributed by atoms with Crippen LogP contribution in [0.3, 0.4) is 0 Å². The molecule has 1 unspecified atom stereocenters. The van der Waals surface area contributed by atoms with Gasteiger partial charge in [0.05, 0.1) is 4.47 Å². The van der Waals surface area contributed by atoms with E-state index < -0.39 is 17.7 Å². The van der Waals surface area contributed by atoms with E-state index in [-0.39, 0.29) is 16.5 Å². The van der Waals surface area contributed by atoms with Gasteiger partial charge in [0.1, 0.15) is 11.6 Å². The molecule has 2 aromatic carbocycles. The van der Waals surface area contributed by atoms with Gasteiger partial charge in [-0.25, -0.2) is 8.78 Å². The van der Waals surface area contributed by atoms with Crippen LogP contribution < -0.4 is 5.73 Å². The Morgan fingerprint density at radius 2 is 1.85 bits per heavy atom. The number of benzene rings is 2. The van der Waals surface area contributed by atoms with Gasteiger partial charge in [0, 0.05) is 21.1 Å². The van der Waals surface area contributed by atoms with Gasteiger partial charge in [-0.05, 0) is 52.2 Å². The summed E-state index contributed by atoms with van der Waals surface area (Å²) in [6.45, 7) is 0. The van der Waals surface area contributed by atoms with E-state index in [4.69, 9.17) is 17.3 Å². The Balaban J connectivity index is 2.32. The molecule has 0 amide bonds. The lowest BCUT2D eigenvalue weighted by molar-refractivity contribution is 0.536. The van der Waals surface area contributed by atoms with Crippen LogP contribution >= 0.6 is 43.5 Å². The zero-order valence-corrected chi connectivity index (χ0v) is 14.1. The summed E-state index contributed by atoms with van der Waals surface area (Å²) in [5.41, 5.74) is 6.61. The molecule has 1 nitrogen and oxygen atoms in total. The molecular formula is C14H10Br2ClF2N. The molecule has 0 fully saturated rings. The van der Waals surface area contributed by atoms with Gasteiger partial charge in [0.15, 0.2) is 0 Å². The van der Waals surface area contributed by atoms with E-state index >= 15 is 0 Å². The molecule has 6 heteroatoms. The highest BCUT2D eigenvalue weighted by Crippen LogP contribution is 2.30. The highest BCUT2D eigenvalue weighted by Gasteiger charge is 2.18. The third-order valence-electron chi connectivity index (χ3n) is 2.92. The SMILES string of the molecule is NC(Cc1c(F)ccc(Br)c1F)c1ccc(Br)cc1Cl. The van der Waals surface area contributed by atoms with Gasteiger partial charge in [-0.15, -0.1) is 0 Å². The van der Waals surface area contributed by atoms with Crippen molar-refractivity contribution >= 4 is 43.5 Å². The van der Waals surface area contributed by atoms with Gasteiger partial charge in [-0.1, -0.05) is 33.6 Å². The third kappa shape index (κ3) is 3.39. The van der Waals surface area contributed by atoms with E-state index in [1.54, 1.807) is 18.2 Å². The molecule has 0 heterocycles. The summed E-state index contributed by atoms with van der Waals surface area (Å²) < 4.78 is 28.7. The molecule has 0 saturated carbocycles. The Morgan fingerprint density at radius 1 is 1.15 bits per heavy atom. The van der Waals surface area contributed by atoms with Crippen molar-refractivity contribution in [2.24, 2.45) is 5.73 Å². The van der Waals surface area contributed by atoms with Crippen LogP contribution in [0.1, 0.15) is 17.2 Å². The van der Waals surface area contributed by atoms with Crippen LogP contribution in [0.15, 0.2) is 39.3 Å². The molecule has 2 aromatic rings. The molecule has 0 radical (unpaired) electrons. The summed E-state index contributed by atoms with van der Waals surface area (Å²) in [6.07, 6.45) is 0.0262. The fourth-order valence-electron chi connectivity index (χ4n) is 1.89. The quantitative estimate of drug-likeness (QED) is 0.656. The maximum absolute atomic E-state index is 13.9. The number of hydrogen-bond donors (Lipinski definition) is 1. The second kappa shape index (κ2) is 6.52. The van der Waals surface area contributed by atoms with Crippen molar-refractivity contribution in [1.82, 2.24) is 0 Å². The summed E-state index contributed by atoms with van der Waals surface area (Å²) in [6, 6.07) is 7.17. The van der Waals surface area contributed by atoms with E-state index in [1.165, 1.54) is 12.1 Å². The summed E-state index contributed by atoms with van der Waals surface area (Å²) in [7, 11) is 0. The average molecular weight is 425 g/mol. The molecule has 0 aromatic heterocycles. The molecule has 0 spiro atoms. The van der Waals surface area contributed by atoms with Gasteiger partial charge < -0.3 is 5.73 Å². The molecule has 2 rings (SSSR count). The Morgan fingerprint density at radius 3 is 2.50 bits per heavy atom. The molecular weight excluding hydrogens is 415 g/mol. The highest BCUT2D eigenvalue weighted by atomic mass is 79.9. The second-order valence-corrected chi connectivity index (χ2v) is 6.48. The summed E-state index contributed by atoms with van der Waals surface area (Å²) in [4.78, 5) is 0. The molecule has 0 aliphatic carbocycles. The first-order valence-electron chi connectivity index (χ1n) is 5.73. The minimum Gasteiger partial charge on any atom is -0.324 e. The van der Waals surface area contributed by atoms with Crippen LogP contribution in [0.5, 0.6) is 0 Å². The minimum atomic E-state index is -0.631. The van der Waals surface area contributed by atoms with Crippen LogP contribution in [0, 0.1) is 11.6 Å². The van der Waals surface area contributed by atoms with Crippen LogP contribution in [0.2, 0.25) is 5.02 Å². The van der Waals surface area contributed by atoms with Crippen molar-refractivity contribution < 1.29 is 8.78 Å². The number of rotatable bonds is 3. The van der Waals surface area contributed by atoms with Crippen molar-refractivity contribution in [3.8, 4) is 0 Å². The first-order chi connectivity index (χ1) is 9.40. The van der Waals surface area contributed by atoms with Gasteiger partial charge in [0.25, 0.3) is 0 Å². The predicted octanol–water partition coefficient (Wildman–Crippen LogP) is 5.39. The summed E-state index contributed by atoms with van der Waals surface area (Å²) in [5, 5.41) is 0.461. The molecule has 0 aliphatic rings. The molecule has 106 valence electrons. The van der Waals surface area contributed by atoms with E-state index in [2.05, 4.69) is 31.9 Å². The lowest BCUT2D eigenvalue weighted by Crippen LogP contribution is -2.16. The van der Waals surface area contributed by atoms with E-state index in [0.29, 0.717) is 10.6 Å². The van der Waals surface area contributed by atoms with Crippen molar-refractivity contribution in [2.45, 2.75) is 12.5 Å². The van der Waals surface area contributed by atoms with Crippen LogP contribution in [-0.2, 0) is 6.42 Å². The normalized spacial score (nSPS) is 12.5. The first kappa shape index (κ1) is 15.9. The van der Waals surface area contributed by atoms with Gasteiger partial charge >= 0.3 is 0 Å². The maximum Gasteiger partial charge on any atom is 0.143 e. The number of hydrogen-bond acceptors (Lipinski definition) is 1. The molecule has 20 heavy (non-hydrogen) atoms. The minimum absolute atomic E-state index is 0.0262. The molecule has 0 saturated heterocycles. The predicted molar refractivity (Wildman–Crippen MR) is 83.8 cm³/mol. The summed E-state index contributed by atoms with van der Waals surface area (Å²) in [5.74, 6) is -1.25. The number of halogens is 5. The lowest BCUT2D eigenvalue weighted by Gasteiger charge is -2.15. The van der Waals surface area contributed by atoms with E-state index in [1.807, 2.05) is 0 Å². The van der Waals surface area contributed by atoms with E-state index in [0.717, 1.165) is 4.47 Å². The smallest absolute Gasteiger partial charge is 0.143 e. The monoisotopic (exact) mass is 423 g/mol. The molecule has 1 atom stereocenters. The lowest BCUT2D eigenvalue weighted by atomic mass is 9.99. The van der Waals surface area contributed by atoms with Crippen molar-refractivity contribution in [3.05, 3.63) is 67.1 Å². The number of nitrogens with two attached hydrogens (primary N) is 1. The zero-order valence-electron chi connectivity index (χ0n) is 10.1. The van der Waals surface area contributed by atoms with Gasteiger partial charge in [-0.3, -0.25) is 0 Å². The first-order valence-corrected chi connectivity index (χ1v) is 7.69. The van der Waals surface area contributed by atoms with Crippen molar-refractivity contribution in [2.75, 3.05) is 0 Å². The fourth-order valence-corrected chi connectivity index (χ4v) is 3.07. The van der Waals surface area contributed by atoms with Gasteiger partial charge in [-0.2, -0.15) is 0 Å². The Labute approximate surface area is 137 Å². The fraction of sp³-hybridized carbons (Fsp3) is 0.143. The molecule has 0 bridgehead atoms. The average Bonchev–Trinajstić information content (AvgIpc) is 2.39. The molecule has 0 aliphatic heterocycles. The standard InChI is InChI=1S/C14H10Br2ClF2N/c15-7-1-2-8(11(17)5-7)13(20)6-9-12(18)4-3-10(16)14(9)19/h1-5,13H,6,20H2. The van der Waals surface area contributed by atoms with Crippen LogP contribution in [0.25, 0.3) is 0 Å². The van der Waals surface area contributed by atoms with Crippen molar-refractivity contribution in [3.63, 3.8) is 0 Å². The maximum atomic E-state index is 13.9. The topological polar surface area (TPSA) is 26.0 Å². The zero-order chi connectivity index (χ0) is 14.9. The van der Waals surface area contributed by atoms with Crippen LogP contribution in [0.4, 0.5) is 8.78 Å². The Bertz CT molecular complexity index is 649. The van der Waals surface area contributed by atoms with Crippen molar-refractivity contribution in [1.29, 1.82) is 0 Å². The third-order valence-corrected chi connectivity index (χ3v) is 4.36. The molecule has 2 N–H and O–H groups in total. The Kier molecular flexibility index (Phi) is 5.18. The Hall–Kier alpha value is -0.490. The summed E-state index contributed by atoms with van der Waals surface area (Å²) >= 11 is 12.4. The van der Waals surface area contributed by atoms with Crippen LogP contribution in [-0.4, -0.2) is 0 Å². The van der Waals surface area contributed by atoms with Gasteiger partial charge in [0.2, 0.25) is 0 Å². The second-order valence-electron chi connectivity index (χ2n) is 4.30. The van der Waals surface area contributed by atoms with E-state index in [9.17, 15) is 8.78 Å².